The summed E-state index contributed by atoms with van der Waals surface area (Å²) >= 11 is 0. The third-order valence-electron chi connectivity index (χ3n) is 2.97. The number of hydrogen-bond acceptors (Lipinski definition) is 3. The van der Waals surface area contributed by atoms with Crippen molar-refractivity contribution in [3.05, 3.63) is 0 Å². The number of piperidine rings is 1. The van der Waals surface area contributed by atoms with Gasteiger partial charge in [-0.25, -0.2) is 0 Å². The average Bonchev–Trinajstić information content (AvgIpc) is 2.52. The first-order chi connectivity index (χ1) is 5.33. The van der Waals surface area contributed by atoms with Gasteiger partial charge < -0.3 is 10.6 Å². The second-order valence-electron chi connectivity index (χ2n) is 3.69. The summed E-state index contributed by atoms with van der Waals surface area (Å²) in [4.78, 5) is 0. The molecule has 3 heteroatoms. The Kier molecular flexibility index (Phi) is 1.87. The standard InChI is InChI=1S/C8H17N3/c1-5(9-2)11-8-6-3-10-4-7(6)8/h5-11H,3-4H2,1-2H3. The van der Waals surface area contributed by atoms with Crippen LogP contribution in [0.25, 0.3) is 0 Å². The highest BCUT2D eigenvalue weighted by Gasteiger charge is 2.52. The van der Waals surface area contributed by atoms with Crippen molar-refractivity contribution in [2.24, 2.45) is 11.8 Å². The van der Waals surface area contributed by atoms with Gasteiger partial charge in [-0.05, 0) is 38.9 Å². The molecule has 3 N–H and O–H groups in total. The topological polar surface area (TPSA) is 36.1 Å². The first-order valence-corrected chi connectivity index (χ1v) is 4.47. The lowest BCUT2D eigenvalue weighted by Crippen LogP contribution is -2.41. The zero-order chi connectivity index (χ0) is 7.84. The highest BCUT2D eigenvalue weighted by molar-refractivity contribution is 5.09. The van der Waals surface area contributed by atoms with Crippen LogP contribution >= 0.6 is 0 Å². The molecule has 3 nitrogen and oxygen atoms in total. The Morgan fingerprint density at radius 1 is 1.36 bits per heavy atom. The third-order valence-corrected chi connectivity index (χ3v) is 2.97. The molecule has 1 aliphatic heterocycles. The van der Waals surface area contributed by atoms with Crippen LogP contribution in [0.2, 0.25) is 0 Å². The van der Waals surface area contributed by atoms with Crippen LogP contribution in [-0.2, 0) is 0 Å². The molecule has 0 aromatic rings. The smallest absolute Gasteiger partial charge is 0.0542 e. The Balaban J connectivity index is 1.74. The lowest BCUT2D eigenvalue weighted by molar-refractivity contribution is 0.449. The Labute approximate surface area is 67.9 Å². The predicted molar refractivity (Wildman–Crippen MR) is 45.3 cm³/mol. The van der Waals surface area contributed by atoms with Gasteiger partial charge in [0.2, 0.25) is 0 Å². The minimum Gasteiger partial charge on any atom is -0.316 e. The highest BCUT2D eigenvalue weighted by Crippen LogP contribution is 2.41. The molecule has 2 aliphatic rings. The third kappa shape index (κ3) is 1.28. The van der Waals surface area contributed by atoms with E-state index < -0.39 is 0 Å². The van der Waals surface area contributed by atoms with E-state index in [4.69, 9.17) is 0 Å². The van der Waals surface area contributed by atoms with E-state index in [1.165, 1.54) is 13.1 Å². The molecule has 0 bridgehead atoms. The van der Waals surface area contributed by atoms with Crippen molar-refractivity contribution in [3.63, 3.8) is 0 Å². The molecule has 1 saturated heterocycles. The maximum atomic E-state index is 3.55. The second kappa shape index (κ2) is 2.73. The lowest BCUT2D eigenvalue weighted by atomic mass is 10.4. The summed E-state index contributed by atoms with van der Waals surface area (Å²) in [5.74, 6) is 1.84. The number of hydrogen-bond donors (Lipinski definition) is 3. The fourth-order valence-electron chi connectivity index (χ4n) is 2.04. The zero-order valence-electron chi connectivity index (χ0n) is 7.22. The van der Waals surface area contributed by atoms with Gasteiger partial charge in [0, 0.05) is 6.04 Å². The molecule has 0 amide bonds. The van der Waals surface area contributed by atoms with E-state index in [1.54, 1.807) is 0 Å². The van der Waals surface area contributed by atoms with Crippen LogP contribution < -0.4 is 16.0 Å². The molecule has 1 saturated carbocycles. The first kappa shape index (κ1) is 7.53. The van der Waals surface area contributed by atoms with Crippen molar-refractivity contribution in [2.75, 3.05) is 20.1 Å². The van der Waals surface area contributed by atoms with Crippen LogP contribution in [0.3, 0.4) is 0 Å². The van der Waals surface area contributed by atoms with E-state index in [2.05, 4.69) is 22.9 Å². The molecule has 11 heavy (non-hydrogen) atoms. The number of nitrogens with one attached hydrogen (secondary N) is 3. The quantitative estimate of drug-likeness (QED) is 0.474. The normalized spacial score (nSPS) is 43.6. The van der Waals surface area contributed by atoms with Gasteiger partial charge >= 0.3 is 0 Å². The van der Waals surface area contributed by atoms with E-state index in [1.807, 2.05) is 7.05 Å². The zero-order valence-corrected chi connectivity index (χ0v) is 7.22. The molecule has 2 fully saturated rings. The molecule has 3 unspecified atom stereocenters. The number of fused-ring (bicyclic) bond motifs is 1. The molecule has 3 atom stereocenters. The summed E-state index contributed by atoms with van der Waals surface area (Å²) in [6.45, 7) is 4.61. The first-order valence-electron chi connectivity index (χ1n) is 4.47. The Hall–Kier alpha value is -0.120. The van der Waals surface area contributed by atoms with Crippen molar-refractivity contribution >= 4 is 0 Å². The van der Waals surface area contributed by atoms with Crippen LogP contribution in [0.1, 0.15) is 6.92 Å². The Morgan fingerprint density at radius 2 is 2.00 bits per heavy atom. The predicted octanol–water partition coefficient (Wildman–Crippen LogP) is -0.641. The van der Waals surface area contributed by atoms with Crippen molar-refractivity contribution in [2.45, 2.75) is 19.1 Å². The summed E-state index contributed by atoms with van der Waals surface area (Å²) in [6.07, 6.45) is 0.464. The van der Waals surface area contributed by atoms with Crippen LogP contribution in [-0.4, -0.2) is 32.3 Å². The van der Waals surface area contributed by atoms with Crippen LogP contribution in [0.4, 0.5) is 0 Å². The van der Waals surface area contributed by atoms with Gasteiger partial charge in [-0.15, -0.1) is 0 Å². The maximum Gasteiger partial charge on any atom is 0.0542 e. The van der Waals surface area contributed by atoms with Crippen LogP contribution in [0.5, 0.6) is 0 Å². The van der Waals surface area contributed by atoms with Gasteiger partial charge in [-0.2, -0.15) is 0 Å². The molecule has 2 rings (SSSR count). The highest BCUT2D eigenvalue weighted by atomic mass is 15.2. The monoisotopic (exact) mass is 155 g/mol. The SMILES string of the molecule is CNC(C)NC1C2CNCC21. The molecular weight excluding hydrogens is 138 g/mol. The summed E-state index contributed by atoms with van der Waals surface area (Å²) in [6, 6.07) is 0.790. The van der Waals surface area contributed by atoms with E-state index in [0.717, 1.165) is 17.9 Å². The Bertz CT molecular complexity index is 138. The minimum atomic E-state index is 0.464. The van der Waals surface area contributed by atoms with Crippen molar-refractivity contribution < 1.29 is 0 Å². The van der Waals surface area contributed by atoms with Gasteiger partial charge in [0.05, 0.1) is 6.17 Å². The number of rotatable bonds is 3. The second-order valence-corrected chi connectivity index (χ2v) is 3.69. The van der Waals surface area contributed by atoms with Gasteiger partial charge in [0.25, 0.3) is 0 Å². The molecule has 0 radical (unpaired) electrons. The van der Waals surface area contributed by atoms with E-state index in [-0.39, 0.29) is 0 Å². The van der Waals surface area contributed by atoms with Gasteiger partial charge in [-0.1, -0.05) is 0 Å². The maximum absolute atomic E-state index is 3.55. The van der Waals surface area contributed by atoms with Crippen molar-refractivity contribution in [1.29, 1.82) is 0 Å². The summed E-state index contributed by atoms with van der Waals surface area (Å²) in [7, 11) is 1.99. The minimum absolute atomic E-state index is 0.464. The molecule has 1 aliphatic carbocycles. The van der Waals surface area contributed by atoms with Crippen molar-refractivity contribution in [1.82, 2.24) is 16.0 Å². The van der Waals surface area contributed by atoms with Crippen LogP contribution in [0.15, 0.2) is 0 Å². The average molecular weight is 155 g/mol. The summed E-state index contributed by atoms with van der Waals surface area (Å²) in [5, 5.41) is 10.1. The molecular formula is C8H17N3. The van der Waals surface area contributed by atoms with E-state index in [0.29, 0.717) is 6.17 Å². The Morgan fingerprint density at radius 3 is 2.55 bits per heavy atom. The van der Waals surface area contributed by atoms with E-state index in [9.17, 15) is 0 Å². The summed E-state index contributed by atoms with van der Waals surface area (Å²) < 4.78 is 0. The van der Waals surface area contributed by atoms with Gasteiger partial charge in [-0.3, -0.25) is 5.32 Å². The fraction of sp³-hybridized carbons (Fsp3) is 1.00. The molecule has 0 aromatic heterocycles. The largest absolute Gasteiger partial charge is 0.316 e. The lowest BCUT2D eigenvalue weighted by Gasteiger charge is -2.13. The van der Waals surface area contributed by atoms with Gasteiger partial charge in [0.15, 0.2) is 0 Å². The van der Waals surface area contributed by atoms with E-state index >= 15 is 0 Å². The van der Waals surface area contributed by atoms with Crippen LogP contribution in [0, 0.1) is 11.8 Å². The molecule has 0 aromatic carbocycles. The molecule has 1 heterocycles. The van der Waals surface area contributed by atoms with Crippen molar-refractivity contribution in [3.8, 4) is 0 Å². The van der Waals surface area contributed by atoms with Gasteiger partial charge in [0.1, 0.15) is 0 Å². The fourth-order valence-corrected chi connectivity index (χ4v) is 2.04. The molecule has 64 valence electrons. The molecule has 0 spiro atoms. The summed E-state index contributed by atoms with van der Waals surface area (Å²) in [5.41, 5.74) is 0.